The molecule has 3 fully saturated rings. The van der Waals surface area contributed by atoms with E-state index in [1.807, 2.05) is 0 Å². The summed E-state index contributed by atoms with van der Waals surface area (Å²) in [4.78, 5) is 5.28. The molecule has 0 radical (unpaired) electrons. The van der Waals surface area contributed by atoms with Crippen molar-refractivity contribution in [2.75, 3.05) is 39.3 Å². The second kappa shape index (κ2) is 5.48. The van der Waals surface area contributed by atoms with Gasteiger partial charge < -0.3 is 5.32 Å². The Morgan fingerprint density at radius 1 is 1.19 bits per heavy atom. The van der Waals surface area contributed by atoms with Crippen LogP contribution >= 0.6 is 0 Å². The average Bonchev–Trinajstić information content (AvgIpc) is 2.31. The lowest BCUT2D eigenvalue weighted by molar-refractivity contribution is 0.0120. The normalized spacial score (nSPS) is 35.6. The maximum Gasteiger partial charge on any atom is 0.0349 e. The van der Waals surface area contributed by atoms with E-state index >= 15 is 0 Å². The Morgan fingerprint density at radius 3 is 2.31 bits per heavy atom. The molecule has 3 heterocycles. The summed E-state index contributed by atoms with van der Waals surface area (Å²) in [5, 5.41) is 3.76. The Bertz CT molecular complexity index is 209. The predicted molar refractivity (Wildman–Crippen MR) is 68.7 cm³/mol. The van der Waals surface area contributed by atoms with Crippen molar-refractivity contribution < 1.29 is 0 Å². The summed E-state index contributed by atoms with van der Waals surface area (Å²) in [5.74, 6) is 0.751. The molecule has 0 aromatic rings. The zero-order chi connectivity index (χ0) is 11.5. The minimum Gasteiger partial charge on any atom is -0.312 e. The highest BCUT2D eigenvalue weighted by Crippen LogP contribution is 2.15. The van der Waals surface area contributed by atoms with E-state index in [2.05, 4.69) is 35.9 Å². The standard InChI is InChI=1S/C13H27N3/c1-4-13(11(2)3)14-9-12-10-15-5-7-16(12)8-6-15/h11-14H,4-10H2,1-3H3. The Kier molecular flexibility index (Phi) is 4.22. The van der Waals surface area contributed by atoms with Crippen LogP contribution in [0.4, 0.5) is 0 Å². The number of fused-ring (bicyclic) bond motifs is 3. The summed E-state index contributed by atoms with van der Waals surface area (Å²) in [5.41, 5.74) is 0. The number of hydrogen-bond acceptors (Lipinski definition) is 3. The molecule has 3 aliphatic rings. The average molecular weight is 225 g/mol. The quantitative estimate of drug-likeness (QED) is 0.753. The Hall–Kier alpha value is -0.120. The molecule has 94 valence electrons. The fourth-order valence-corrected chi connectivity index (χ4v) is 3.06. The summed E-state index contributed by atoms with van der Waals surface area (Å²) in [6.45, 7) is 14.5. The molecule has 3 aliphatic heterocycles. The second-order valence-corrected chi connectivity index (χ2v) is 5.66. The van der Waals surface area contributed by atoms with Crippen LogP contribution < -0.4 is 5.32 Å². The number of hydrogen-bond donors (Lipinski definition) is 1. The van der Waals surface area contributed by atoms with Crippen molar-refractivity contribution in [2.24, 2.45) is 5.92 Å². The molecular weight excluding hydrogens is 198 g/mol. The van der Waals surface area contributed by atoms with Gasteiger partial charge in [0.15, 0.2) is 0 Å². The maximum absolute atomic E-state index is 3.76. The number of nitrogens with zero attached hydrogens (tertiary/aromatic N) is 2. The lowest BCUT2D eigenvalue weighted by Gasteiger charge is -2.48. The molecule has 3 saturated heterocycles. The van der Waals surface area contributed by atoms with Crippen molar-refractivity contribution in [1.82, 2.24) is 15.1 Å². The first kappa shape index (κ1) is 12.3. The van der Waals surface area contributed by atoms with E-state index in [9.17, 15) is 0 Å². The number of rotatable bonds is 5. The van der Waals surface area contributed by atoms with Crippen molar-refractivity contribution in [2.45, 2.75) is 39.3 Å². The van der Waals surface area contributed by atoms with Gasteiger partial charge in [0, 0.05) is 51.4 Å². The first-order valence-corrected chi connectivity index (χ1v) is 6.90. The molecule has 2 bridgehead atoms. The molecular formula is C13H27N3. The first-order chi connectivity index (χ1) is 7.70. The molecule has 0 aliphatic carbocycles. The minimum absolute atomic E-state index is 0.691. The van der Waals surface area contributed by atoms with E-state index in [1.165, 1.54) is 45.7 Å². The molecule has 2 atom stereocenters. The zero-order valence-corrected chi connectivity index (χ0v) is 11.1. The van der Waals surface area contributed by atoms with E-state index in [0.717, 1.165) is 12.0 Å². The third-order valence-corrected chi connectivity index (χ3v) is 4.25. The summed E-state index contributed by atoms with van der Waals surface area (Å²) in [6.07, 6.45) is 1.24. The molecule has 2 unspecified atom stereocenters. The summed E-state index contributed by atoms with van der Waals surface area (Å²) in [6, 6.07) is 1.45. The van der Waals surface area contributed by atoms with E-state index < -0.39 is 0 Å². The van der Waals surface area contributed by atoms with Crippen LogP contribution in [0.3, 0.4) is 0 Å². The molecule has 0 spiro atoms. The van der Waals surface area contributed by atoms with Crippen LogP contribution in [0, 0.1) is 5.92 Å². The van der Waals surface area contributed by atoms with Crippen LogP contribution in [0.15, 0.2) is 0 Å². The summed E-state index contributed by atoms with van der Waals surface area (Å²) in [7, 11) is 0. The van der Waals surface area contributed by atoms with Gasteiger partial charge in [-0.25, -0.2) is 0 Å². The lowest BCUT2D eigenvalue weighted by atomic mass is 10.0. The SMILES string of the molecule is CCC(NCC1CN2CCN1CC2)C(C)C. The Morgan fingerprint density at radius 2 is 1.88 bits per heavy atom. The monoisotopic (exact) mass is 225 g/mol. The molecule has 1 N–H and O–H groups in total. The first-order valence-electron chi connectivity index (χ1n) is 6.90. The van der Waals surface area contributed by atoms with Gasteiger partial charge in [-0.2, -0.15) is 0 Å². The van der Waals surface area contributed by atoms with Gasteiger partial charge in [-0.15, -0.1) is 0 Å². The van der Waals surface area contributed by atoms with Gasteiger partial charge in [0.05, 0.1) is 0 Å². The molecule has 0 saturated carbocycles. The maximum atomic E-state index is 3.76. The van der Waals surface area contributed by atoms with Crippen molar-refractivity contribution in [3.63, 3.8) is 0 Å². The van der Waals surface area contributed by atoms with Crippen LogP contribution in [-0.2, 0) is 0 Å². The van der Waals surface area contributed by atoms with Gasteiger partial charge >= 0.3 is 0 Å². The van der Waals surface area contributed by atoms with Gasteiger partial charge in [0.25, 0.3) is 0 Å². The number of nitrogens with one attached hydrogen (secondary N) is 1. The Labute approximate surface area is 100 Å². The highest BCUT2D eigenvalue weighted by atomic mass is 15.3. The van der Waals surface area contributed by atoms with Crippen LogP contribution in [0.5, 0.6) is 0 Å². The van der Waals surface area contributed by atoms with Gasteiger partial charge in [-0.05, 0) is 12.3 Å². The molecule has 0 aromatic carbocycles. The zero-order valence-electron chi connectivity index (χ0n) is 11.1. The summed E-state index contributed by atoms with van der Waals surface area (Å²) < 4.78 is 0. The molecule has 3 heteroatoms. The second-order valence-electron chi connectivity index (χ2n) is 5.66. The van der Waals surface area contributed by atoms with Crippen molar-refractivity contribution >= 4 is 0 Å². The molecule has 0 aromatic heterocycles. The third-order valence-electron chi connectivity index (χ3n) is 4.25. The molecule has 0 amide bonds. The summed E-state index contributed by atoms with van der Waals surface area (Å²) >= 11 is 0. The van der Waals surface area contributed by atoms with Crippen LogP contribution in [0.25, 0.3) is 0 Å². The van der Waals surface area contributed by atoms with Crippen LogP contribution in [0.1, 0.15) is 27.2 Å². The van der Waals surface area contributed by atoms with Crippen molar-refractivity contribution in [1.29, 1.82) is 0 Å². The fraction of sp³-hybridized carbons (Fsp3) is 1.00. The highest BCUT2D eigenvalue weighted by Gasteiger charge is 2.31. The molecule has 3 nitrogen and oxygen atoms in total. The highest BCUT2D eigenvalue weighted by molar-refractivity contribution is 4.89. The number of piperazine rings is 3. The van der Waals surface area contributed by atoms with Crippen LogP contribution in [0.2, 0.25) is 0 Å². The minimum atomic E-state index is 0.691. The fourth-order valence-electron chi connectivity index (χ4n) is 3.06. The van der Waals surface area contributed by atoms with Crippen molar-refractivity contribution in [3.05, 3.63) is 0 Å². The van der Waals surface area contributed by atoms with Gasteiger partial charge in [-0.3, -0.25) is 9.80 Å². The molecule has 3 rings (SSSR count). The van der Waals surface area contributed by atoms with E-state index in [1.54, 1.807) is 0 Å². The smallest absolute Gasteiger partial charge is 0.0349 e. The predicted octanol–water partition coefficient (Wildman–Crippen LogP) is 1.01. The molecule has 16 heavy (non-hydrogen) atoms. The van der Waals surface area contributed by atoms with Crippen molar-refractivity contribution in [3.8, 4) is 0 Å². The third kappa shape index (κ3) is 2.76. The van der Waals surface area contributed by atoms with Gasteiger partial charge in [0.1, 0.15) is 0 Å². The van der Waals surface area contributed by atoms with Crippen LogP contribution in [-0.4, -0.2) is 61.2 Å². The van der Waals surface area contributed by atoms with E-state index in [-0.39, 0.29) is 0 Å². The largest absolute Gasteiger partial charge is 0.312 e. The topological polar surface area (TPSA) is 18.5 Å². The van der Waals surface area contributed by atoms with Gasteiger partial charge in [-0.1, -0.05) is 20.8 Å². The van der Waals surface area contributed by atoms with Gasteiger partial charge in [0.2, 0.25) is 0 Å². The van der Waals surface area contributed by atoms with E-state index in [0.29, 0.717) is 6.04 Å². The Balaban J connectivity index is 1.77. The lowest BCUT2D eigenvalue weighted by Crippen LogP contribution is -2.63. The van der Waals surface area contributed by atoms with E-state index in [4.69, 9.17) is 0 Å².